The predicted molar refractivity (Wildman–Crippen MR) is 67.8 cm³/mol. The van der Waals surface area contributed by atoms with Crippen LogP contribution in [0, 0.1) is 13.8 Å². The fourth-order valence-electron chi connectivity index (χ4n) is 1.74. The highest BCUT2D eigenvalue weighted by molar-refractivity contribution is 6.34. The standard InChI is InChI=1S/C12H13ClN4O/c1-4-17-11(10(13)6-14-17)12(18)9-5-7(2)15-16-8(9)3/h5-6H,4H2,1-3H3. The largest absolute Gasteiger partial charge is 0.287 e. The molecule has 0 fully saturated rings. The summed E-state index contributed by atoms with van der Waals surface area (Å²) in [5, 5.41) is 12.3. The van der Waals surface area contributed by atoms with E-state index in [0.29, 0.717) is 34.2 Å². The molecule has 2 rings (SSSR count). The first-order chi connectivity index (χ1) is 8.54. The molecule has 0 spiro atoms. The molecule has 0 radical (unpaired) electrons. The average Bonchev–Trinajstić information content (AvgIpc) is 2.72. The van der Waals surface area contributed by atoms with Gasteiger partial charge in [0.2, 0.25) is 5.78 Å². The first-order valence-corrected chi connectivity index (χ1v) is 5.99. The van der Waals surface area contributed by atoms with Crippen LogP contribution in [0.2, 0.25) is 5.02 Å². The normalized spacial score (nSPS) is 10.7. The van der Waals surface area contributed by atoms with E-state index in [0.717, 1.165) is 0 Å². The fraction of sp³-hybridized carbons (Fsp3) is 0.333. The van der Waals surface area contributed by atoms with Gasteiger partial charge in [-0.3, -0.25) is 9.48 Å². The van der Waals surface area contributed by atoms with Gasteiger partial charge in [-0.2, -0.15) is 15.3 Å². The van der Waals surface area contributed by atoms with Crippen LogP contribution in [-0.4, -0.2) is 25.8 Å². The smallest absolute Gasteiger partial charge is 0.214 e. The lowest BCUT2D eigenvalue weighted by Gasteiger charge is -2.07. The van der Waals surface area contributed by atoms with Gasteiger partial charge in [0.25, 0.3) is 0 Å². The number of rotatable bonds is 3. The summed E-state index contributed by atoms with van der Waals surface area (Å²) in [6, 6.07) is 1.72. The monoisotopic (exact) mass is 264 g/mol. The van der Waals surface area contributed by atoms with E-state index < -0.39 is 0 Å². The van der Waals surface area contributed by atoms with Crippen LogP contribution in [0.25, 0.3) is 0 Å². The molecule has 2 aromatic heterocycles. The topological polar surface area (TPSA) is 60.7 Å². The summed E-state index contributed by atoms with van der Waals surface area (Å²) in [7, 11) is 0. The van der Waals surface area contributed by atoms with Crippen molar-refractivity contribution in [3.63, 3.8) is 0 Å². The van der Waals surface area contributed by atoms with Crippen LogP contribution in [0.1, 0.15) is 34.4 Å². The Hall–Kier alpha value is -1.75. The number of hydrogen-bond acceptors (Lipinski definition) is 4. The van der Waals surface area contributed by atoms with E-state index in [-0.39, 0.29) is 5.78 Å². The maximum Gasteiger partial charge on any atom is 0.214 e. The molecule has 0 aliphatic rings. The van der Waals surface area contributed by atoms with E-state index in [1.807, 2.05) is 6.92 Å². The Kier molecular flexibility index (Phi) is 3.43. The lowest BCUT2D eigenvalue weighted by atomic mass is 10.1. The molecule has 18 heavy (non-hydrogen) atoms. The number of nitrogens with zero attached hydrogens (tertiary/aromatic N) is 4. The summed E-state index contributed by atoms with van der Waals surface area (Å²) in [6.45, 7) is 6.04. The summed E-state index contributed by atoms with van der Waals surface area (Å²) in [5.41, 5.74) is 2.20. The van der Waals surface area contributed by atoms with Crippen molar-refractivity contribution in [3.8, 4) is 0 Å². The maximum absolute atomic E-state index is 12.5. The van der Waals surface area contributed by atoms with Gasteiger partial charge in [0.15, 0.2) is 0 Å². The fourth-order valence-corrected chi connectivity index (χ4v) is 1.96. The molecule has 0 unspecified atom stereocenters. The zero-order valence-electron chi connectivity index (χ0n) is 10.4. The van der Waals surface area contributed by atoms with Gasteiger partial charge in [-0.1, -0.05) is 11.6 Å². The predicted octanol–water partition coefficient (Wildman–Crippen LogP) is 2.19. The van der Waals surface area contributed by atoms with Crippen molar-refractivity contribution in [1.82, 2.24) is 20.0 Å². The lowest BCUT2D eigenvalue weighted by molar-refractivity contribution is 0.102. The molecule has 0 aromatic carbocycles. The number of aromatic nitrogens is 4. The van der Waals surface area contributed by atoms with Crippen LogP contribution >= 0.6 is 11.6 Å². The van der Waals surface area contributed by atoms with Gasteiger partial charge in [-0.25, -0.2) is 0 Å². The number of carbonyl (C=O) groups excluding carboxylic acids is 1. The van der Waals surface area contributed by atoms with Gasteiger partial charge < -0.3 is 0 Å². The third kappa shape index (κ3) is 2.13. The molecule has 5 nitrogen and oxygen atoms in total. The van der Waals surface area contributed by atoms with Crippen molar-refractivity contribution in [1.29, 1.82) is 0 Å². The van der Waals surface area contributed by atoms with Gasteiger partial charge in [0, 0.05) is 12.1 Å². The molecule has 0 aliphatic carbocycles. The highest BCUT2D eigenvalue weighted by Crippen LogP contribution is 2.20. The van der Waals surface area contributed by atoms with Crippen LogP contribution in [-0.2, 0) is 6.54 Å². The quantitative estimate of drug-likeness (QED) is 0.798. The molecule has 0 amide bonds. The van der Waals surface area contributed by atoms with E-state index in [1.54, 1.807) is 24.6 Å². The Labute approximate surface area is 110 Å². The molecule has 0 N–H and O–H groups in total. The molecular formula is C12H13ClN4O. The molecular weight excluding hydrogens is 252 g/mol. The molecule has 0 atom stereocenters. The Balaban J connectivity index is 2.54. The van der Waals surface area contributed by atoms with E-state index in [1.165, 1.54) is 6.20 Å². The number of ketones is 1. The highest BCUT2D eigenvalue weighted by atomic mass is 35.5. The SMILES string of the molecule is CCn1ncc(Cl)c1C(=O)c1cc(C)nnc1C. The Bertz CT molecular complexity index is 606. The second-order valence-corrected chi connectivity index (χ2v) is 4.38. The second kappa shape index (κ2) is 4.86. The van der Waals surface area contributed by atoms with Crippen molar-refractivity contribution in [2.45, 2.75) is 27.3 Å². The minimum absolute atomic E-state index is 0.171. The van der Waals surface area contributed by atoms with Crippen LogP contribution in [0.5, 0.6) is 0 Å². The van der Waals surface area contributed by atoms with Gasteiger partial charge >= 0.3 is 0 Å². The third-order valence-electron chi connectivity index (χ3n) is 2.65. The third-order valence-corrected chi connectivity index (χ3v) is 2.93. The Morgan fingerprint density at radius 1 is 1.39 bits per heavy atom. The first kappa shape index (κ1) is 12.7. The first-order valence-electron chi connectivity index (χ1n) is 5.61. The van der Waals surface area contributed by atoms with Crippen LogP contribution in [0.3, 0.4) is 0 Å². The maximum atomic E-state index is 12.5. The minimum atomic E-state index is -0.171. The molecule has 94 valence electrons. The van der Waals surface area contributed by atoms with Crippen LogP contribution < -0.4 is 0 Å². The molecule has 2 aromatic rings. The zero-order valence-corrected chi connectivity index (χ0v) is 11.2. The minimum Gasteiger partial charge on any atom is -0.287 e. The van der Waals surface area contributed by atoms with Gasteiger partial charge in [0.05, 0.1) is 22.6 Å². The Morgan fingerprint density at radius 3 is 2.78 bits per heavy atom. The average molecular weight is 265 g/mol. The van der Waals surface area contributed by atoms with Crippen molar-refractivity contribution < 1.29 is 4.79 Å². The molecule has 0 aliphatic heterocycles. The molecule has 6 heteroatoms. The molecule has 0 saturated carbocycles. The second-order valence-electron chi connectivity index (χ2n) is 3.97. The van der Waals surface area contributed by atoms with Gasteiger partial charge in [-0.05, 0) is 26.8 Å². The zero-order chi connectivity index (χ0) is 13.3. The number of halogens is 1. The van der Waals surface area contributed by atoms with Gasteiger partial charge in [-0.15, -0.1) is 0 Å². The molecule has 0 saturated heterocycles. The number of carbonyl (C=O) groups is 1. The van der Waals surface area contributed by atoms with Crippen molar-refractivity contribution in [2.75, 3.05) is 0 Å². The van der Waals surface area contributed by atoms with Crippen LogP contribution in [0.15, 0.2) is 12.3 Å². The van der Waals surface area contributed by atoms with E-state index in [9.17, 15) is 4.79 Å². The van der Waals surface area contributed by atoms with Crippen molar-refractivity contribution in [3.05, 3.63) is 39.9 Å². The summed E-state index contributed by atoms with van der Waals surface area (Å²) in [5.74, 6) is -0.171. The van der Waals surface area contributed by atoms with Crippen molar-refractivity contribution in [2.24, 2.45) is 0 Å². The van der Waals surface area contributed by atoms with Gasteiger partial charge in [0.1, 0.15) is 5.69 Å². The summed E-state index contributed by atoms with van der Waals surface area (Å²) in [4.78, 5) is 12.5. The summed E-state index contributed by atoms with van der Waals surface area (Å²) < 4.78 is 1.58. The highest BCUT2D eigenvalue weighted by Gasteiger charge is 2.21. The van der Waals surface area contributed by atoms with E-state index >= 15 is 0 Å². The Morgan fingerprint density at radius 2 is 2.11 bits per heavy atom. The number of aryl methyl sites for hydroxylation is 3. The molecule has 2 heterocycles. The lowest BCUT2D eigenvalue weighted by Crippen LogP contribution is -2.13. The van der Waals surface area contributed by atoms with Crippen molar-refractivity contribution >= 4 is 17.4 Å². The summed E-state index contributed by atoms with van der Waals surface area (Å²) >= 11 is 6.02. The van der Waals surface area contributed by atoms with E-state index in [2.05, 4.69) is 15.3 Å². The van der Waals surface area contributed by atoms with Crippen LogP contribution in [0.4, 0.5) is 0 Å². The molecule has 0 bridgehead atoms. The summed E-state index contributed by atoms with van der Waals surface area (Å²) in [6.07, 6.45) is 1.48. The van der Waals surface area contributed by atoms with E-state index in [4.69, 9.17) is 11.6 Å². The number of hydrogen-bond donors (Lipinski definition) is 0.